The van der Waals surface area contributed by atoms with E-state index in [1.807, 2.05) is 13.0 Å². The maximum Gasteiger partial charge on any atom is 0.319 e. The van der Waals surface area contributed by atoms with Crippen molar-refractivity contribution in [1.29, 1.82) is 0 Å². The SMILES string of the molecule is COc1cc([N+](=O)[O-])ccc1NC(=O)N[C@H](C)c1ccc(Cl)s1. The molecule has 0 fully saturated rings. The van der Waals surface area contributed by atoms with Crippen LogP contribution in [-0.2, 0) is 0 Å². The van der Waals surface area contributed by atoms with Crippen molar-refractivity contribution in [2.75, 3.05) is 12.4 Å². The Kier molecular flexibility index (Phi) is 5.41. The Morgan fingerprint density at radius 1 is 1.39 bits per heavy atom. The van der Waals surface area contributed by atoms with Gasteiger partial charge in [-0.3, -0.25) is 10.1 Å². The normalized spacial score (nSPS) is 11.6. The Labute approximate surface area is 141 Å². The first kappa shape index (κ1) is 17.0. The van der Waals surface area contributed by atoms with Crippen LogP contribution in [0.2, 0.25) is 4.34 Å². The summed E-state index contributed by atoms with van der Waals surface area (Å²) in [6.07, 6.45) is 0. The van der Waals surface area contributed by atoms with E-state index in [1.165, 1.54) is 36.6 Å². The highest BCUT2D eigenvalue weighted by atomic mass is 35.5. The molecule has 0 unspecified atom stereocenters. The number of carbonyl (C=O) groups is 1. The summed E-state index contributed by atoms with van der Waals surface area (Å²) >= 11 is 7.25. The number of hydrogen-bond acceptors (Lipinski definition) is 5. The Morgan fingerprint density at radius 3 is 2.70 bits per heavy atom. The second kappa shape index (κ2) is 7.30. The van der Waals surface area contributed by atoms with E-state index in [4.69, 9.17) is 16.3 Å². The van der Waals surface area contributed by atoms with Crippen molar-refractivity contribution in [3.8, 4) is 5.75 Å². The summed E-state index contributed by atoms with van der Waals surface area (Å²) < 4.78 is 5.71. The smallest absolute Gasteiger partial charge is 0.319 e. The highest BCUT2D eigenvalue weighted by Gasteiger charge is 2.15. The van der Waals surface area contributed by atoms with Crippen LogP contribution in [0.25, 0.3) is 0 Å². The number of halogens is 1. The number of ether oxygens (including phenoxy) is 1. The maximum absolute atomic E-state index is 12.0. The fourth-order valence-corrected chi connectivity index (χ4v) is 2.95. The standard InChI is InChI=1S/C14H14ClN3O4S/c1-8(12-5-6-13(15)23-12)16-14(19)17-10-4-3-9(18(20)21)7-11(10)22-2/h3-8H,1-2H3,(H2,16,17,19)/t8-/m1/s1. The quantitative estimate of drug-likeness (QED) is 0.620. The van der Waals surface area contributed by atoms with Gasteiger partial charge in [-0.15, -0.1) is 11.3 Å². The fraction of sp³-hybridized carbons (Fsp3) is 0.214. The molecule has 23 heavy (non-hydrogen) atoms. The van der Waals surface area contributed by atoms with Crippen LogP contribution < -0.4 is 15.4 Å². The predicted molar refractivity (Wildman–Crippen MR) is 89.5 cm³/mol. The molecule has 2 aromatic rings. The number of hydrogen-bond donors (Lipinski definition) is 2. The van der Waals surface area contributed by atoms with Crippen LogP contribution in [0, 0.1) is 10.1 Å². The van der Waals surface area contributed by atoms with Crippen molar-refractivity contribution in [1.82, 2.24) is 5.32 Å². The van der Waals surface area contributed by atoms with Crippen LogP contribution in [-0.4, -0.2) is 18.1 Å². The van der Waals surface area contributed by atoms with Gasteiger partial charge in [-0.2, -0.15) is 0 Å². The van der Waals surface area contributed by atoms with E-state index in [-0.39, 0.29) is 17.5 Å². The van der Waals surface area contributed by atoms with E-state index in [2.05, 4.69) is 10.6 Å². The zero-order chi connectivity index (χ0) is 17.0. The first-order chi connectivity index (χ1) is 10.9. The molecular weight excluding hydrogens is 342 g/mol. The Hall–Kier alpha value is -2.32. The molecule has 1 heterocycles. The van der Waals surface area contributed by atoms with Gasteiger partial charge in [0.15, 0.2) is 0 Å². The number of rotatable bonds is 5. The molecule has 7 nitrogen and oxygen atoms in total. The number of nitrogens with one attached hydrogen (secondary N) is 2. The number of benzene rings is 1. The number of nitrogens with zero attached hydrogens (tertiary/aromatic N) is 1. The van der Waals surface area contributed by atoms with Gasteiger partial charge in [0.2, 0.25) is 0 Å². The monoisotopic (exact) mass is 355 g/mol. The molecule has 2 rings (SSSR count). The summed E-state index contributed by atoms with van der Waals surface area (Å²) in [5, 5.41) is 16.1. The Balaban J connectivity index is 2.06. The van der Waals surface area contributed by atoms with Gasteiger partial charge < -0.3 is 15.4 Å². The lowest BCUT2D eigenvalue weighted by Gasteiger charge is -2.14. The molecule has 1 atom stereocenters. The summed E-state index contributed by atoms with van der Waals surface area (Å²) in [6.45, 7) is 1.83. The van der Waals surface area contributed by atoms with E-state index in [0.717, 1.165) is 4.88 Å². The molecule has 2 N–H and O–H groups in total. The Bertz CT molecular complexity index is 735. The highest BCUT2D eigenvalue weighted by molar-refractivity contribution is 7.16. The van der Waals surface area contributed by atoms with Crippen molar-refractivity contribution in [2.24, 2.45) is 0 Å². The maximum atomic E-state index is 12.0. The number of nitro groups is 1. The average Bonchev–Trinajstić information content (AvgIpc) is 2.94. The first-order valence-electron chi connectivity index (χ1n) is 6.56. The number of nitro benzene ring substituents is 1. The van der Waals surface area contributed by atoms with Gasteiger partial charge in [-0.05, 0) is 25.1 Å². The molecule has 1 aromatic heterocycles. The topological polar surface area (TPSA) is 93.5 Å². The van der Waals surface area contributed by atoms with Gasteiger partial charge in [0, 0.05) is 10.9 Å². The van der Waals surface area contributed by atoms with Crippen LogP contribution in [0.1, 0.15) is 17.8 Å². The molecule has 0 aliphatic rings. The molecule has 0 aliphatic carbocycles. The summed E-state index contributed by atoms with van der Waals surface area (Å²) in [7, 11) is 1.37. The molecule has 1 aromatic carbocycles. The Morgan fingerprint density at radius 2 is 2.13 bits per heavy atom. The number of non-ortho nitro benzene ring substituents is 1. The van der Waals surface area contributed by atoms with Gasteiger partial charge in [0.05, 0.1) is 34.2 Å². The zero-order valence-electron chi connectivity index (χ0n) is 12.3. The van der Waals surface area contributed by atoms with Gasteiger partial charge in [-0.1, -0.05) is 11.6 Å². The predicted octanol–water partition coefficient (Wildman–Crippen LogP) is 4.20. The van der Waals surface area contributed by atoms with Gasteiger partial charge >= 0.3 is 6.03 Å². The molecule has 0 spiro atoms. The minimum Gasteiger partial charge on any atom is -0.494 e. The van der Waals surface area contributed by atoms with E-state index < -0.39 is 11.0 Å². The number of thiophene rings is 1. The highest BCUT2D eigenvalue weighted by Crippen LogP contribution is 2.29. The molecule has 0 bridgehead atoms. The molecule has 2 amide bonds. The van der Waals surface area contributed by atoms with Crippen molar-refractivity contribution >= 4 is 40.3 Å². The minimum absolute atomic E-state index is 0.116. The minimum atomic E-state index is -0.533. The zero-order valence-corrected chi connectivity index (χ0v) is 13.9. The van der Waals surface area contributed by atoms with Crippen molar-refractivity contribution < 1.29 is 14.5 Å². The molecule has 0 saturated carbocycles. The molecule has 0 aliphatic heterocycles. The third-order valence-corrected chi connectivity index (χ3v) is 4.43. The number of carbonyl (C=O) groups excluding carboxylic acids is 1. The summed E-state index contributed by atoms with van der Waals surface area (Å²) in [5.74, 6) is 0.209. The lowest BCUT2D eigenvalue weighted by atomic mass is 10.2. The lowest BCUT2D eigenvalue weighted by molar-refractivity contribution is -0.384. The van der Waals surface area contributed by atoms with Crippen LogP contribution >= 0.6 is 22.9 Å². The first-order valence-corrected chi connectivity index (χ1v) is 7.75. The fourth-order valence-electron chi connectivity index (χ4n) is 1.88. The van der Waals surface area contributed by atoms with Gasteiger partial charge in [0.1, 0.15) is 5.75 Å². The van der Waals surface area contributed by atoms with Crippen LogP contribution in [0.15, 0.2) is 30.3 Å². The molecule has 122 valence electrons. The summed E-state index contributed by atoms with van der Waals surface area (Å²) in [5.41, 5.74) is 0.224. The van der Waals surface area contributed by atoms with E-state index in [9.17, 15) is 14.9 Å². The summed E-state index contributed by atoms with van der Waals surface area (Å²) in [6, 6.07) is 6.88. The van der Waals surface area contributed by atoms with E-state index in [1.54, 1.807) is 6.07 Å². The number of urea groups is 1. The van der Waals surface area contributed by atoms with Crippen molar-refractivity contribution in [3.63, 3.8) is 0 Å². The second-order valence-corrected chi connectivity index (χ2v) is 6.35. The number of methoxy groups -OCH3 is 1. The van der Waals surface area contributed by atoms with Crippen LogP contribution in [0.3, 0.4) is 0 Å². The molecule has 0 saturated heterocycles. The third kappa shape index (κ3) is 4.33. The number of amides is 2. The molecular formula is C14H14ClN3O4S. The third-order valence-electron chi connectivity index (χ3n) is 3.01. The molecule has 9 heteroatoms. The van der Waals surface area contributed by atoms with Gasteiger partial charge in [0.25, 0.3) is 5.69 Å². The van der Waals surface area contributed by atoms with Crippen LogP contribution in [0.4, 0.5) is 16.2 Å². The van der Waals surface area contributed by atoms with E-state index >= 15 is 0 Å². The summed E-state index contributed by atoms with van der Waals surface area (Å²) in [4.78, 5) is 23.2. The number of anilines is 1. The van der Waals surface area contributed by atoms with Gasteiger partial charge in [-0.25, -0.2) is 4.79 Å². The van der Waals surface area contributed by atoms with E-state index in [0.29, 0.717) is 10.0 Å². The lowest BCUT2D eigenvalue weighted by Crippen LogP contribution is -2.30. The average molecular weight is 356 g/mol. The molecule has 0 radical (unpaired) electrons. The van der Waals surface area contributed by atoms with Crippen molar-refractivity contribution in [3.05, 3.63) is 49.7 Å². The van der Waals surface area contributed by atoms with Crippen molar-refractivity contribution in [2.45, 2.75) is 13.0 Å². The largest absolute Gasteiger partial charge is 0.494 e. The van der Waals surface area contributed by atoms with Crippen LogP contribution in [0.5, 0.6) is 5.75 Å². The second-order valence-electron chi connectivity index (χ2n) is 4.60.